The molecule has 0 aromatic rings. The molecule has 0 spiro atoms. The summed E-state index contributed by atoms with van der Waals surface area (Å²) in [5, 5.41) is 9.78. The SMILES string of the molecule is CC/C=C\C/C=C\C/C=C\C/C=C\C/C=C\C/C=C\C/C=C\CCCCCCCCCCCCCCCC(=O)OC(COC(=O)CCCCCCCCCCCCCCCCCCCCCCCCCCCCCCCCCCCCCCCCC)COC(OCC[N+](C)(C)C)C(=O)O. The number of esters is 2. The highest BCUT2D eigenvalue weighted by Gasteiger charge is 2.25. The van der Waals surface area contributed by atoms with Crippen LogP contribution < -0.4 is 0 Å². The van der Waals surface area contributed by atoms with Crippen molar-refractivity contribution in [1.82, 2.24) is 0 Å². The number of aliphatic carboxylic acids is 1. The first-order valence-corrected chi connectivity index (χ1v) is 42.8. The van der Waals surface area contributed by atoms with Gasteiger partial charge in [0.25, 0.3) is 6.29 Å². The normalized spacial score (nSPS) is 13.0. The maximum Gasteiger partial charge on any atom is 0.361 e. The summed E-state index contributed by atoms with van der Waals surface area (Å²) in [6.07, 6.45) is 108. The lowest BCUT2D eigenvalue weighted by atomic mass is 10.0. The first-order valence-electron chi connectivity index (χ1n) is 42.8. The highest BCUT2D eigenvalue weighted by atomic mass is 16.7. The quantitative estimate of drug-likeness (QED) is 0.0211. The summed E-state index contributed by atoms with van der Waals surface area (Å²) >= 11 is 0. The van der Waals surface area contributed by atoms with Crippen LogP contribution in [-0.4, -0.2) is 87.4 Å². The molecule has 2 atom stereocenters. The number of carbonyl (C=O) groups is 3. The fourth-order valence-electron chi connectivity index (χ4n) is 12.7. The van der Waals surface area contributed by atoms with Crippen molar-refractivity contribution in [2.45, 2.75) is 424 Å². The van der Waals surface area contributed by atoms with Gasteiger partial charge < -0.3 is 28.5 Å². The minimum Gasteiger partial charge on any atom is -0.477 e. The first kappa shape index (κ1) is 95.5. The van der Waals surface area contributed by atoms with Crippen LogP contribution in [0.2, 0.25) is 0 Å². The molecule has 0 aromatic heterocycles. The number of quaternary nitrogens is 1. The number of carboxylic acid groups (broad SMARTS) is 1. The molecule has 0 fully saturated rings. The van der Waals surface area contributed by atoms with Crippen LogP contribution in [0.25, 0.3) is 0 Å². The Balaban J connectivity index is 3.96. The summed E-state index contributed by atoms with van der Waals surface area (Å²) in [7, 11) is 5.99. The third kappa shape index (κ3) is 81.6. The summed E-state index contributed by atoms with van der Waals surface area (Å²) in [5.41, 5.74) is 0. The Hall–Kier alpha value is -3.53. The minimum absolute atomic E-state index is 0.181. The fraction of sp³-hybridized carbons (Fsp3) is 0.811. The average molecular weight is 1390 g/mol. The molecule has 1 N–H and O–H groups in total. The third-order valence-electron chi connectivity index (χ3n) is 19.2. The molecule has 0 amide bonds. The Morgan fingerprint density at radius 2 is 0.576 bits per heavy atom. The average Bonchev–Trinajstić information content (AvgIpc) is 1.16. The number of allylic oxidation sites excluding steroid dienone is 14. The zero-order chi connectivity index (χ0) is 71.8. The van der Waals surface area contributed by atoms with Gasteiger partial charge in [-0.1, -0.05) is 414 Å². The van der Waals surface area contributed by atoms with Crippen LogP contribution in [0.4, 0.5) is 0 Å². The molecular weight excluding hydrogens is 1220 g/mol. The molecule has 9 nitrogen and oxygen atoms in total. The first-order chi connectivity index (χ1) is 48.6. The molecule has 0 aliphatic heterocycles. The zero-order valence-electron chi connectivity index (χ0n) is 66.2. The second kappa shape index (κ2) is 80.2. The van der Waals surface area contributed by atoms with Gasteiger partial charge in [-0.3, -0.25) is 9.59 Å². The fourth-order valence-corrected chi connectivity index (χ4v) is 12.7. The topological polar surface area (TPSA) is 108 Å². The van der Waals surface area contributed by atoms with Crippen molar-refractivity contribution in [2.75, 3.05) is 47.5 Å². The van der Waals surface area contributed by atoms with E-state index in [-0.39, 0.29) is 32.2 Å². The summed E-state index contributed by atoms with van der Waals surface area (Å²) in [4.78, 5) is 37.8. The van der Waals surface area contributed by atoms with Gasteiger partial charge in [0.2, 0.25) is 0 Å². The number of hydrogen-bond donors (Lipinski definition) is 1. The van der Waals surface area contributed by atoms with E-state index in [2.05, 4.69) is 98.9 Å². The van der Waals surface area contributed by atoms with Crippen LogP contribution >= 0.6 is 0 Å². The van der Waals surface area contributed by atoms with Crippen molar-refractivity contribution in [2.24, 2.45) is 0 Å². The maximum atomic E-state index is 13.0. The lowest BCUT2D eigenvalue weighted by Crippen LogP contribution is -2.40. The number of rotatable bonds is 80. The van der Waals surface area contributed by atoms with Crippen LogP contribution in [0.3, 0.4) is 0 Å². The van der Waals surface area contributed by atoms with Gasteiger partial charge in [-0.2, -0.15) is 0 Å². The highest BCUT2D eigenvalue weighted by Crippen LogP contribution is 2.20. The molecule has 9 heteroatoms. The summed E-state index contributed by atoms with van der Waals surface area (Å²) in [6.45, 7) is 4.82. The van der Waals surface area contributed by atoms with Crippen molar-refractivity contribution in [3.05, 3.63) is 85.1 Å². The van der Waals surface area contributed by atoms with Gasteiger partial charge in [-0.25, -0.2) is 4.79 Å². The molecule has 0 aliphatic carbocycles. The number of unbranched alkanes of at least 4 members (excludes halogenated alkanes) is 51. The Labute approximate surface area is 614 Å². The number of ether oxygens (including phenoxy) is 4. The number of carbonyl (C=O) groups excluding carboxylic acids is 2. The van der Waals surface area contributed by atoms with E-state index in [9.17, 15) is 19.5 Å². The molecule has 0 rings (SSSR count). The van der Waals surface area contributed by atoms with E-state index in [0.29, 0.717) is 17.4 Å². The van der Waals surface area contributed by atoms with Gasteiger partial charge in [-0.15, -0.1) is 0 Å². The van der Waals surface area contributed by atoms with Gasteiger partial charge in [0.15, 0.2) is 6.10 Å². The molecule has 0 heterocycles. The van der Waals surface area contributed by atoms with Gasteiger partial charge in [0.1, 0.15) is 13.2 Å². The van der Waals surface area contributed by atoms with Crippen LogP contribution in [-0.2, 0) is 33.3 Å². The lowest BCUT2D eigenvalue weighted by Gasteiger charge is -2.25. The predicted molar refractivity (Wildman–Crippen MR) is 429 cm³/mol. The Morgan fingerprint density at radius 3 is 0.859 bits per heavy atom. The zero-order valence-corrected chi connectivity index (χ0v) is 66.2. The van der Waals surface area contributed by atoms with Crippen LogP contribution in [0, 0.1) is 0 Å². The van der Waals surface area contributed by atoms with Crippen molar-refractivity contribution in [1.29, 1.82) is 0 Å². The summed E-state index contributed by atoms with van der Waals surface area (Å²) in [5.74, 6) is -1.98. The summed E-state index contributed by atoms with van der Waals surface area (Å²) < 4.78 is 23.1. The van der Waals surface area contributed by atoms with E-state index in [1.807, 2.05) is 21.1 Å². The second-order valence-corrected chi connectivity index (χ2v) is 30.1. The molecule has 99 heavy (non-hydrogen) atoms. The van der Waals surface area contributed by atoms with Gasteiger partial charge >= 0.3 is 17.9 Å². The van der Waals surface area contributed by atoms with Crippen molar-refractivity contribution in [3.63, 3.8) is 0 Å². The molecule has 576 valence electrons. The molecule has 0 aromatic carbocycles. The monoisotopic (exact) mass is 1390 g/mol. The standard InChI is InChI=1S/C90H163NO8/c1-6-8-10-12-14-16-18-20-22-24-26-28-30-32-34-36-38-40-42-43-44-45-47-48-50-52-54-56-58-60-62-64-66-68-70-72-74-76-78-80-87(92)97-84-86(85-98-90(89(94)95)96-83-82-91(3,4)5)99-88(93)81-79-77-75-73-71-69-67-65-63-61-59-57-55-53-51-49-46-41-39-37-35-33-31-29-27-25-23-21-19-17-15-13-11-9-7-2/h9,11,15,17,21,23,27,29,33,35,39,41,49,51,86,90H,6-8,10,12-14,16,18-20,22,24-26,28,30-32,34,36-38,40,42-48,50,52-85H2,1-5H3/p+1/b11-9-,17-15-,23-21-,29-27-,35-33-,41-39-,51-49-. The van der Waals surface area contributed by atoms with Gasteiger partial charge in [-0.05, 0) is 70.6 Å². The summed E-state index contributed by atoms with van der Waals surface area (Å²) in [6, 6.07) is 0. The van der Waals surface area contributed by atoms with Gasteiger partial charge in [0.05, 0.1) is 34.4 Å². The molecule has 0 aliphatic rings. The van der Waals surface area contributed by atoms with Crippen LogP contribution in [0.1, 0.15) is 412 Å². The smallest absolute Gasteiger partial charge is 0.361 e. The number of hydrogen-bond acceptors (Lipinski definition) is 7. The predicted octanol–water partition coefficient (Wildman–Crippen LogP) is 27.7. The highest BCUT2D eigenvalue weighted by molar-refractivity contribution is 5.71. The number of likely N-dealkylation sites (N-methyl/N-ethyl adjacent to an activating group) is 1. The van der Waals surface area contributed by atoms with Crippen molar-refractivity contribution < 1.29 is 42.9 Å². The lowest BCUT2D eigenvalue weighted by molar-refractivity contribution is -0.870. The Morgan fingerprint density at radius 1 is 0.313 bits per heavy atom. The van der Waals surface area contributed by atoms with Crippen molar-refractivity contribution >= 4 is 17.9 Å². The van der Waals surface area contributed by atoms with Crippen LogP contribution in [0.5, 0.6) is 0 Å². The molecule has 0 saturated heterocycles. The number of carboxylic acids is 1. The second-order valence-electron chi connectivity index (χ2n) is 30.1. The van der Waals surface area contributed by atoms with Gasteiger partial charge in [0, 0.05) is 12.8 Å². The molecule has 0 saturated carbocycles. The number of nitrogens with zero attached hydrogens (tertiary/aromatic N) is 1. The van der Waals surface area contributed by atoms with E-state index in [4.69, 9.17) is 18.9 Å². The maximum absolute atomic E-state index is 13.0. The largest absolute Gasteiger partial charge is 0.477 e. The van der Waals surface area contributed by atoms with E-state index in [1.165, 1.54) is 302 Å². The van der Waals surface area contributed by atoms with Crippen LogP contribution in [0.15, 0.2) is 85.1 Å². The Bertz CT molecular complexity index is 1910. The van der Waals surface area contributed by atoms with Crippen molar-refractivity contribution in [3.8, 4) is 0 Å². The van der Waals surface area contributed by atoms with E-state index >= 15 is 0 Å². The Kier molecular flexibility index (Phi) is 77.3. The minimum atomic E-state index is -1.51. The molecule has 2 unspecified atom stereocenters. The molecular formula is C90H164NO8+. The van der Waals surface area contributed by atoms with E-state index in [0.717, 1.165) is 83.5 Å². The van der Waals surface area contributed by atoms with E-state index in [1.54, 1.807) is 0 Å². The molecule has 0 bridgehead atoms. The molecule has 0 radical (unpaired) electrons. The third-order valence-corrected chi connectivity index (χ3v) is 19.2. The van der Waals surface area contributed by atoms with E-state index < -0.39 is 24.3 Å².